The summed E-state index contributed by atoms with van der Waals surface area (Å²) in [5, 5.41) is 6.81. The van der Waals surface area contributed by atoms with Crippen LogP contribution < -0.4 is 5.32 Å². The molecule has 3 heteroatoms. The lowest BCUT2D eigenvalue weighted by atomic mass is 10.1. The molecule has 0 saturated heterocycles. The Kier molecular flexibility index (Phi) is 4.90. The molecule has 0 aliphatic rings. The van der Waals surface area contributed by atoms with Crippen molar-refractivity contribution in [3.05, 3.63) is 52.0 Å². The Balaban J connectivity index is 1.71. The molecular weight excluding hydrogens is 240 g/mol. The number of benzene rings is 1. The van der Waals surface area contributed by atoms with E-state index in [1.807, 2.05) is 6.92 Å². The molecule has 1 N–H and O–H groups in total. The predicted molar refractivity (Wildman–Crippen MR) is 77.9 cm³/mol. The molecule has 0 fully saturated rings. The highest BCUT2D eigenvalue weighted by atomic mass is 32.1. The van der Waals surface area contributed by atoms with Crippen LogP contribution in [0.4, 0.5) is 0 Å². The van der Waals surface area contributed by atoms with Gasteiger partial charge in [0.15, 0.2) is 0 Å². The summed E-state index contributed by atoms with van der Waals surface area (Å²) in [6, 6.07) is 11.2. The van der Waals surface area contributed by atoms with Gasteiger partial charge in [-0.25, -0.2) is 4.98 Å². The number of rotatable bonds is 6. The van der Waals surface area contributed by atoms with Crippen LogP contribution >= 0.6 is 11.3 Å². The summed E-state index contributed by atoms with van der Waals surface area (Å²) < 4.78 is 0. The van der Waals surface area contributed by atoms with Crippen molar-refractivity contribution in [3.63, 3.8) is 0 Å². The fraction of sp³-hybridized carbons (Fsp3) is 0.400. The van der Waals surface area contributed by atoms with Gasteiger partial charge in [-0.15, -0.1) is 11.3 Å². The third-order valence-corrected chi connectivity index (χ3v) is 3.94. The Morgan fingerprint density at radius 2 is 2.06 bits per heavy atom. The third-order valence-electron chi connectivity index (χ3n) is 2.98. The lowest BCUT2D eigenvalue weighted by Crippen LogP contribution is -2.25. The van der Waals surface area contributed by atoms with E-state index < -0.39 is 0 Å². The zero-order valence-corrected chi connectivity index (χ0v) is 11.8. The molecule has 2 aromatic rings. The fourth-order valence-electron chi connectivity index (χ4n) is 1.88. The molecule has 1 aromatic heterocycles. The van der Waals surface area contributed by atoms with E-state index >= 15 is 0 Å². The van der Waals surface area contributed by atoms with E-state index in [4.69, 9.17) is 0 Å². The Labute approximate surface area is 113 Å². The molecule has 18 heavy (non-hydrogen) atoms. The molecule has 0 aliphatic heterocycles. The van der Waals surface area contributed by atoms with E-state index in [0.29, 0.717) is 6.04 Å². The first-order valence-corrected chi connectivity index (χ1v) is 7.30. The van der Waals surface area contributed by atoms with Gasteiger partial charge in [0.05, 0.1) is 0 Å². The van der Waals surface area contributed by atoms with E-state index in [1.54, 1.807) is 11.3 Å². The average Bonchev–Trinajstić information content (AvgIpc) is 2.81. The molecule has 2 rings (SSSR count). The molecule has 0 bridgehead atoms. The Morgan fingerprint density at radius 3 is 2.72 bits per heavy atom. The van der Waals surface area contributed by atoms with Gasteiger partial charge in [-0.1, -0.05) is 30.3 Å². The minimum Gasteiger partial charge on any atom is -0.308 e. The standard InChI is InChI=1S/C15H20N2S/c1-12(8-9-14-6-4-3-5-7-14)16-10-15-17-13(2)11-18-15/h3-7,11-12,16H,8-10H2,1-2H3. The second-order valence-corrected chi connectivity index (χ2v) is 5.63. The van der Waals surface area contributed by atoms with Gasteiger partial charge in [0, 0.05) is 23.7 Å². The van der Waals surface area contributed by atoms with Crippen LogP contribution in [-0.4, -0.2) is 11.0 Å². The largest absolute Gasteiger partial charge is 0.308 e. The average molecular weight is 260 g/mol. The second kappa shape index (κ2) is 6.66. The van der Waals surface area contributed by atoms with Crippen molar-refractivity contribution in [3.8, 4) is 0 Å². The summed E-state index contributed by atoms with van der Waals surface area (Å²) in [4.78, 5) is 4.46. The van der Waals surface area contributed by atoms with Crippen molar-refractivity contribution >= 4 is 11.3 Å². The number of hydrogen-bond acceptors (Lipinski definition) is 3. The van der Waals surface area contributed by atoms with Gasteiger partial charge < -0.3 is 5.32 Å². The first-order chi connectivity index (χ1) is 8.74. The number of hydrogen-bond donors (Lipinski definition) is 1. The van der Waals surface area contributed by atoms with Crippen LogP contribution in [0, 0.1) is 6.92 Å². The lowest BCUT2D eigenvalue weighted by molar-refractivity contribution is 0.513. The summed E-state index contributed by atoms with van der Waals surface area (Å²) in [5.41, 5.74) is 2.53. The highest BCUT2D eigenvalue weighted by Gasteiger charge is 2.04. The minimum absolute atomic E-state index is 0.523. The van der Waals surface area contributed by atoms with E-state index in [9.17, 15) is 0 Å². The van der Waals surface area contributed by atoms with Gasteiger partial charge >= 0.3 is 0 Å². The van der Waals surface area contributed by atoms with E-state index in [1.165, 1.54) is 10.6 Å². The Morgan fingerprint density at radius 1 is 1.28 bits per heavy atom. The number of nitrogens with one attached hydrogen (secondary N) is 1. The van der Waals surface area contributed by atoms with Gasteiger partial charge in [0.25, 0.3) is 0 Å². The molecule has 0 amide bonds. The second-order valence-electron chi connectivity index (χ2n) is 4.69. The number of nitrogens with zero attached hydrogens (tertiary/aromatic N) is 1. The van der Waals surface area contributed by atoms with Gasteiger partial charge in [0.2, 0.25) is 0 Å². The first kappa shape index (κ1) is 13.2. The van der Waals surface area contributed by atoms with Crippen molar-refractivity contribution in [1.82, 2.24) is 10.3 Å². The van der Waals surface area contributed by atoms with Gasteiger partial charge in [-0.2, -0.15) is 0 Å². The van der Waals surface area contributed by atoms with E-state index in [0.717, 1.165) is 25.1 Å². The molecule has 1 aromatic carbocycles. The summed E-state index contributed by atoms with van der Waals surface area (Å²) in [7, 11) is 0. The van der Waals surface area contributed by atoms with Crippen LogP contribution in [0.5, 0.6) is 0 Å². The highest BCUT2D eigenvalue weighted by molar-refractivity contribution is 7.09. The smallest absolute Gasteiger partial charge is 0.107 e. The molecule has 0 aliphatic carbocycles. The maximum Gasteiger partial charge on any atom is 0.107 e. The molecule has 1 unspecified atom stereocenters. The zero-order chi connectivity index (χ0) is 12.8. The maximum absolute atomic E-state index is 4.46. The third kappa shape index (κ3) is 4.24. The summed E-state index contributed by atoms with van der Waals surface area (Å²) in [5.74, 6) is 0. The molecule has 1 heterocycles. The van der Waals surface area contributed by atoms with Crippen LogP contribution in [0.2, 0.25) is 0 Å². The number of aryl methyl sites for hydroxylation is 2. The van der Waals surface area contributed by atoms with Crippen molar-refractivity contribution < 1.29 is 0 Å². The predicted octanol–water partition coefficient (Wildman–Crippen LogP) is 3.56. The van der Waals surface area contributed by atoms with Crippen LogP contribution in [-0.2, 0) is 13.0 Å². The molecule has 0 spiro atoms. The summed E-state index contributed by atoms with van der Waals surface area (Å²) in [6.07, 6.45) is 2.29. The summed E-state index contributed by atoms with van der Waals surface area (Å²) in [6.45, 7) is 5.16. The van der Waals surface area contributed by atoms with Crippen LogP contribution in [0.3, 0.4) is 0 Å². The maximum atomic E-state index is 4.46. The number of aromatic nitrogens is 1. The van der Waals surface area contributed by atoms with E-state index in [-0.39, 0.29) is 0 Å². The van der Waals surface area contributed by atoms with Crippen LogP contribution in [0.15, 0.2) is 35.7 Å². The number of thiazole rings is 1. The molecule has 1 atom stereocenters. The molecule has 0 radical (unpaired) electrons. The SMILES string of the molecule is Cc1csc(CNC(C)CCc2ccccc2)n1. The molecule has 0 saturated carbocycles. The lowest BCUT2D eigenvalue weighted by Gasteiger charge is -2.12. The summed E-state index contributed by atoms with van der Waals surface area (Å²) >= 11 is 1.73. The molecule has 2 nitrogen and oxygen atoms in total. The quantitative estimate of drug-likeness (QED) is 0.859. The Bertz CT molecular complexity index is 464. The van der Waals surface area contributed by atoms with Crippen molar-refractivity contribution in [1.29, 1.82) is 0 Å². The Hall–Kier alpha value is -1.19. The molecule has 96 valence electrons. The fourth-order valence-corrected chi connectivity index (χ4v) is 2.60. The van der Waals surface area contributed by atoms with Crippen molar-refractivity contribution in [2.24, 2.45) is 0 Å². The topological polar surface area (TPSA) is 24.9 Å². The van der Waals surface area contributed by atoms with Gasteiger partial charge in [-0.05, 0) is 32.3 Å². The van der Waals surface area contributed by atoms with Gasteiger partial charge in [0.1, 0.15) is 5.01 Å². The van der Waals surface area contributed by atoms with E-state index in [2.05, 4.69) is 52.9 Å². The van der Waals surface area contributed by atoms with Crippen LogP contribution in [0.25, 0.3) is 0 Å². The highest BCUT2D eigenvalue weighted by Crippen LogP contribution is 2.09. The molecular formula is C15H20N2S. The minimum atomic E-state index is 0.523. The zero-order valence-electron chi connectivity index (χ0n) is 11.0. The normalized spacial score (nSPS) is 12.6. The van der Waals surface area contributed by atoms with Gasteiger partial charge in [-0.3, -0.25) is 0 Å². The first-order valence-electron chi connectivity index (χ1n) is 6.42. The monoisotopic (exact) mass is 260 g/mol. The van der Waals surface area contributed by atoms with Crippen LogP contribution in [0.1, 0.15) is 29.6 Å². The van der Waals surface area contributed by atoms with Crippen molar-refractivity contribution in [2.75, 3.05) is 0 Å². The van der Waals surface area contributed by atoms with Crippen molar-refractivity contribution in [2.45, 2.75) is 39.3 Å².